The van der Waals surface area contributed by atoms with Gasteiger partial charge in [0.1, 0.15) is 5.82 Å². The molecule has 5 heteroatoms. The standard InChI is InChI=1S/C15H13BrCl2FN/c1-2-20-15(9-4-6-12(17)13(18)7-9)10-3-5-11(16)14(19)8-10/h3-8,15,20H,2H2,1H3. The minimum Gasteiger partial charge on any atom is -0.307 e. The summed E-state index contributed by atoms with van der Waals surface area (Å²) in [6.07, 6.45) is 0. The lowest BCUT2D eigenvalue weighted by Crippen LogP contribution is -2.22. The maximum absolute atomic E-state index is 13.7. The lowest BCUT2D eigenvalue weighted by atomic mass is 9.98. The molecule has 2 aromatic carbocycles. The van der Waals surface area contributed by atoms with Gasteiger partial charge in [0, 0.05) is 0 Å². The van der Waals surface area contributed by atoms with Crippen LogP contribution in [0.2, 0.25) is 10.0 Å². The summed E-state index contributed by atoms with van der Waals surface area (Å²) in [5.41, 5.74) is 1.79. The molecule has 2 aromatic rings. The van der Waals surface area contributed by atoms with Gasteiger partial charge in [0.15, 0.2) is 0 Å². The minimum atomic E-state index is -0.287. The molecule has 2 rings (SSSR count). The maximum atomic E-state index is 13.7. The monoisotopic (exact) mass is 375 g/mol. The number of nitrogens with one attached hydrogen (secondary N) is 1. The quantitative estimate of drug-likeness (QED) is 0.732. The van der Waals surface area contributed by atoms with Crippen molar-refractivity contribution in [2.24, 2.45) is 0 Å². The van der Waals surface area contributed by atoms with Crippen LogP contribution < -0.4 is 5.32 Å². The van der Waals surface area contributed by atoms with E-state index < -0.39 is 0 Å². The molecular weight excluding hydrogens is 364 g/mol. The van der Waals surface area contributed by atoms with Crippen LogP contribution in [0.3, 0.4) is 0 Å². The van der Waals surface area contributed by atoms with Gasteiger partial charge in [-0.1, -0.05) is 42.3 Å². The van der Waals surface area contributed by atoms with Gasteiger partial charge in [-0.2, -0.15) is 0 Å². The highest BCUT2D eigenvalue weighted by atomic mass is 79.9. The van der Waals surface area contributed by atoms with Crippen molar-refractivity contribution in [3.63, 3.8) is 0 Å². The Balaban J connectivity index is 2.44. The summed E-state index contributed by atoms with van der Waals surface area (Å²) in [6, 6.07) is 10.4. The Bertz CT molecular complexity index is 567. The van der Waals surface area contributed by atoms with Crippen molar-refractivity contribution >= 4 is 39.1 Å². The van der Waals surface area contributed by atoms with Gasteiger partial charge in [-0.05, 0) is 57.9 Å². The Hall–Kier alpha value is -0.610. The van der Waals surface area contributed by atoms with Crippen molar-refractivity contribution in [1.82, 2.24) is 5.32 Å². The molecule has 0 heterocycles. The maximum Gasteiger partial charge on any atom is 0.137 e. The van der Waals surface area contributed by atoms with Crippen LogP contribution in [-0.4, -0.2) is 6.54 Å². The third kappa shape index (κ3) is 3.53. The summed E-state index contributed by atoms with van der Waals surface area (Å²) in [4.78, 5) is 0. The van der Waals surface area contributed by atoms with Crippen LogP contribution in [-0.2, 0) is 0 Å². The number of rotatable bonds is 4. The van der Waals surface area contributed by atoms with E-state index >= 15 is 0 Å². The van der Waals surface area contributed by atoms with E-state index in [1.807, 2.05) is 19.1 Å². The average molecular weight is 377 g/mol. The normalized spacial score (nSPS) is 12.4. The Morgan fingerprint density at radius 2 is 1.75 bits per heavy atom. The van der Waals surface area contributed by atoms with Gasteiger partial charge >= 0.3 is 0 Å². The first-order valence-corrected chi connectivity index (χ1v) is 7.71. The molecule has 0 amide bonds. The second-order valence-corrected chi connectivity index (χ2v) is 6.01. The molecule has 0 radical (unpaired) electrons. The van der Waals surface area contributed by atoms with E-state index in [4.69, 9.17) is 23.2 Å². The second kappa shape index (κ2) is 6.90. The van der Waals surface area contributed by atoms with Gasteiger partial charge in [0.25, 0.3) is 0 Å². The Labute approximate surface area is 136 Å². The van der Waals surface area contributed by atoms with Crippen LogP contribution >= 0.6 is 39.1 Å². The van der Waals surface area contributed by atoms with Crippen LogP contribution in [0, 0.1) is 5.82 Å². The summed E-state index contributed by atoms with van der Waals surface area (Å²) in [5, 5.41) is 4.32. The first kappa shape index (κ1) is 15.8. The van der Waals surface area contributed by atoms with Crippen molar-refractivity contribution < 1.29 is 4.39 Å². The molecule has 1 N–H and O–H groups in total. The van der Waals surface area contributed by atoms with E-state index in [0.717, 1.165) is 17.7 Å². The molecule has 0 aromatic heterocycles. The zero-order valence-electron chi connectivity index (χ0n) is 10.8. The van der Waals surface area contributed by atoms with E-state index in [1.165, 1.54) is 6.07 Å². The highest BCUT2D eigenvalue weighted by Gasteiger charge is 2.15. The van der Waals surface area contributed by atoms with Crippen molar-refractivity contribution in [3.05, 3.63) is 67.9 Å². The van der Waals surface area contributed by atoms with Crippen LogP contribution in [0.1, 0.15) is 24.1 Å². The van der Waals surface area contributed by atoms with Crippen LogP contribution in [0.25, 0.3) is 0 Å². The van der Waals surface area contributed by atoms with E-state index in [9.17, 15) is 4.39 Å². The molecule has 1 nitrogen and oxygen atoms in total. The van der Waals surface area contributed by atoms with Gasteiger partial charge < -0.3 is 5.32 Å². The number of halogens is 4. The first-order chi connectivity index (χ1) is 9.52. The van der Waals surface area contributed by atoms with Gasteiger partial charge in [-0.25, -0.2) is 4.39 Å². The average Bonchev–Trinajstić information content (AvgIpc) is 2.43. The summed E-state index contributed by atoms with van der Waals surface area (Å²) in [5.74, 6) is -0.287. The van der Waals surface area contributed by atoms with Crippen LogP contribution in [0.5, 0.6) is 0 Å². The van der Waals surface area contributed by atoms with Crippen molar-refractivity contribution in [1.29, 1.82) is 0 Å². The number of benzene rings is 2. The van der Waals surface area contributed by atoms with Crippen molar-refractivity contribution in [3.8, 4) is 0 Å². The van der Waals surface area contributed by atoms with Gasteiger partial charge in [0.05, 0.1) is 20.6 Å². The lowest BCUT2D eigenvalue weighted by molar-refractivity contribution is 0.599. The Kier molecular flexibility index (Phi) is 5.44. The van der Waals surface area contributed by atoms with E-state index in [0.29, 0.717) is 14.5 Å². The molecule has 0 spiro atoms. The fourth-order valence-electron chi connectivity index (χ4n) is 2.02. The fourth-order valence-corrected chi connectivity index (χ4v) is 2.57. The van der Waals surface area contributed by atoms with E-state index in [2.05, 4.69) is 21.2 Å². The van der Waals surface area contributed by atoms with Gasteiger partial charge in [-0.15, -0.1) is 0 Å². The first-order valence-electron chi connectivity index (χ1n) is 6.16. The highest BCUT2D eigenvalue weighted by Crippen LogP contribution is 2.30. The molecule has 20 heavy (non-hydrogen) atoms. The summed E-state index contributed by atoms with van der Waals surface area (Å²) >= 11 is 15.2. The molecule has 0 bridgehead atoms. The largest absolute Gasteiger partial charge is 0.307 e. The molecule has 0 aliphatic carbocycles. The zero-order chi connectivity index (χ0) is 14.7. The van der Waals surface area contributed by atoms with Crippen LogP contribution in [0.4, 0.5) is 4.39 Å². The predicted octanol–water partition coefficient (Wildman–Crippen LogP) is 5.59. The molecule has 106 valence electrons. The van der Waals surface area contributed by atoms with E-state index in [1.54, 1.807) is 18.2 Å². The SMILES string of the molecule is CCNC(c1ccc(Br)c(F)c1)c1ccc(Cl)c(Cl)c1. The summed E-state index contributed by atoms with van der Waals surface area (Å²) < 4.78 is 14.2. The highest BCUT2D eigenvalue weighted by molar-refractivity contribution is 9.10. The Morgan fingerprint density at radius 1 is 1.10 bits per heavy atom. The third-order valence-corrected chi connectivity index (χ3v) is 4.34. The molecule has 0 saturated heterocycles. The summed E-state index contributed by atoms with van der Waals surface area (Å²) in [7, 11) is 0. The van der Waals surface area contributed by atoms with Crippen molar-refractivity contribution in [2.45, 2.75) is 13.0 Å². The van der Waals surface area contributed by atoms with Gasteiger partial charge in [-0.3, -0.25) is 0 Å². The topological polar surface area (TPSA) is 12.0 Å². The second-order valence-electron chi connectivity index (χ2n) is 4.34. The zero-order valence-corrected chi connectivity index (χ0v) is 13.9. The van der Waals surface area contributed by atoms with E-state index in [-0.39, 0.29) is 11.9 Å². The number of hydrogen-bond acceptors (Lipinski definition) is 1. The molecule has 0 aliphatic rings. The molecule has 0 fully saturated rings. The lowest BCUT2D eigenvalue weighted by Gasteiger charge is -2.20. The smallest absolute Gasteiger partial charge is 0.137 e. The predicted molar refractivity (Wildman–Crippen MR) is 86.1 cm³/mol. The van der Waals surface area contributed by atoms with Crippen LogP contribution in [0.15, 0.2) is 40.9 Å². The molecular formula is C15H13BrCl2FN. The molecule has 1 atom stereocenters. The molecule has 0 aliphatic heterocycles. The summed E-state index contributed by atoms with van der Waals surface area (Å²) in [6.45, 7) is 2.75. The Morgan fingerprint density at radius 3 is 2.35 bits per heavy atom. The fraction of sp³-hybridized carbons (Fsp3) is 0.200. The minimum absolute atomic E-state index is 0.127. The molecule has 0 saturated carbocycles. The van der Waals surface area contributed by atoms with Crippen molar-refractivity contribution in [2.75, 3.05) is 6.54 Å². The third-order valence-electron chi connectivity index (χ3n) is 2.96. The molecule has 1 unspecified atom stereocenters. The van der Waals surface area contributed by atoms with Gasteiger partial charge in [0.2, 0.25) is 0 Å². The number of hydrogen-bond donors (Lipinski definition) is 1.